The van der Waals surface area contributed by atoms with Gasteiger partial charge in [-0.3, -0.25) is 14.4 Å². The number of hydrogen-bond donors (Lipinski definition) is 1. The van der Waals surface area contributed by atoms with Crippen molar-refractivity contribution in [2.24, 2.45) is 50.2 Å². The van der Waals surface area contributed by atoms with Gasteiger partial charge in [-0.2, -0.15) is 5.26 Å². The number of nitrogens with zero attached hydrogens (tertiary/aromatic N) is 1. The first kappa shape index (κ1) is 28.3. The molecule has 0 unspecified atom stereocenters. The van der Waals surface area contributed by atoms with Crippen LogP contribution < -0.4 is 5.32 Å². The van der Waals surface area contributed by atoms with E-state index in [9.17, 15) is 19.6 Å². The van der Waals surface area contributed by atoms with Crippen LogP contribution in [-0.4, -0.2) is 24.0 Å². The maximum atomic E-state index is 14.5. The molecule has 0 bridgehead atoms. The van der Waals surface area contributed by atoms with Crippen LogP contribution in [0.3, 0.4) is 0 Å². The summed E-state index contributed by atoms with van der Waals surface area (Å²) in [7, 11) is 0. The van der Waals surface area contributed by atoms with Crippen molar-refractivity contribution < 1.29 is 14.4 Å². The van der Waals surface area contributed by atoms with Gasteiger partial charge in [0.15, 0.2) is 11.6 Å². The summed E-state index contributed by atoms with van der Waals surface area (Å²) in [4.78, 5) is 40.8. The molecule has 1 N–H and O–H groups in total. The largest absolute Gasteiger partial charge is 0.356 e. The normalized spacial score (nSPS) is 43.9. The lowest BCUT2D eigenvalue weighted by molar-refractivity contribution is -0.174. The number of hydrogen-bond acceptors (Lipinski definition) is 4. The first-order valence-corrected chi connectivity index (χ1v) is 15.2. The molecule has 0 aromatic rings. The molecule has 0 spiro atoms. The maximum absolute atomic E-state index is 14.5. The number of ketones is 2. The van der Waals surface area contributed by atoms with Gasteiger partial charge in [0.2, 0.25) is 5.91 Å². The average molecular weight is 533 g/mol. The highest BCUT2D eigenvalue weighted by molar-refractivity contribution is 6.04. The first-order valence-electron chi connectivity index (χ1n) is 15.2. The van der Waals surface area contributed by atoms with Crippen LogP contribution in [0.4, 0.5) is 0 Å². The Kier molecular flexibility index (Phi) is 6.27. The molecule has 0 aliphatic heterocycles. The van der Waals surface area contributed by atoms with Crippen molar-refractivity contribution in [1.29, 1.82) is 5.26 Å². The molecular formula is C34H48N2O3. The second kappa shape index (κ2) is 8.64. The molecule has 3 saturated carbocycles. The molecule has 5 heteroatoms. The Bertz CT molecular complexity index is 1230. The van der Waals surface area contributed by atoms with E-state index in [2.05, 4.69) is 46.0 Å². The number of Topliss-reactive ketones (excluding diaryl/α,β-unsaturated/α-hetero) is 1. The first-order chi connectivity index (χ1) is 18.0. The molecule has 0 radical (unpaired) electrons. The van der Waals surface area contributed by atoms with Crippen molar-refractivity contribution in [2.75, 3.05) is 6.54 Å². The molecule has 39 heavy (non-hydrogen) atoms. The van der Waals surface area contributed by atoms with E-state index in [-0.39, 0.29) is 62.5 Å². The van der Waals surface area contributed by atoms with E-state index in [1.165, 1.54) is 0 Å². The van der Waals surface area contributed by atoms with E-state index in [4.69, 9.17) is 0 Å². The van der Waals surface area contributed by atoms with E-state index in [0.29, 0.717) is 13.0 Å². The van der Waals surface area contributed by atoms with Gasteiger partial charge in [-0.25, -0.2) is 0 Å². The van der Waals surface area contributed by atoms with Gasteiger partial charge in [-0.15, -0.1) is 0 Å². The van der Waals surface area contributed by atoms with Crippen molar-refractivity contribution in [1.82, 2.24) is 5.32 Å². The zero-order valence-corrected chi connectivity index (χ0v) is 25.4. The van der Waals surface area contributed by atoms with Crippen LogP contribution in [0.1, 0.15) is 107 Å². The topological polar surface area (TPSA) is 87.0 Å². The van der Waals surface area contributed by atoms with E-state index >= 15 is 0 Å². The Balaban J connectivity index is 1.66. The second-order valence-corrected chi connectivity index (χ2v) is 15.7. The third-order valence-corrected chi connectivity index (χ3v) is 12.9. The molecule has 7 atom stereocenters. The predicted molar refractivity (Wildman–Crippen MR) is 152 cm³/mol. The molecule has 5 aliphatic carbocycles. The molecule has 5 rings (SSSR count). The third-order valence-electron chi connectivity index (χ3n) is 12.9. The van der Waals surface area contributed by atoms with Crippen molar-refractivity contribution in [3.63, 3.8) is 0 Å². The molecule has 0 aromatic carbocycles. The molecule has 0 aromatic heterocycles. The SMILES string of the molecule is CCNC(=O)C[C@]12CCC(C)(C)C[C@@H]1[C@H]1C(=O)C=C3[C@@]4(C)C=C(C#N)C(=O)C(C)(C)[C@@H]4CC[C@@]3(C)[C@]1(C)CC2. The molecule has 5 nitrogen and oxygen atoms in total. The summed E-state index contributed by atoms with van der Waals surface area (Å²) in [5.41, 5.74) is -0.247. The van der Waals surface area contributed by atoms with Crippen LogP contribution in [0.15, 0.2) is 23.3 Å². The van der Waals surface area contributed by atoms with Crippen molar-refractivity contribution >= 4 is 17.5 Å². The van der Waals surface area contributed by atoms with Crippen LogP contribution in [-0.2, 0) is 14.4 Å². The number of carbonyl (C=O) groups excluding carboxylic acids is 3. The van der Waals surface area contributed by atoms with Crippen LogP contribution in [0.2, 0.25) is 0 Å². The Morgan fingerprint density at radius 1 is 1.03 bits per heavy atom. The molecule has 0 heterocycles. The highest BCUT2D eigenvalue weighted by atomic mass is 16.1. The quantitative estimate of drug-likeness (QED) is 0.436. The highest BCUT2D eigenvalue weighted by Gasteiger charge is 2.69. The summed E-state index contributed by atoms with van der Waals surface area (Å²) in [6.45, 7) is 18.1. The van der Waals surface area contributed by atoms with Gasteiger partial charge in [-0.05, 0) is 91.4 Å². The zero-order chi connectivity index (χ0) is 28.8. The lowest BCUT2D eigenvalue weighted by atomic mass is 9.34. The highest BCUT2D eigenvalue weighted by Crippen LogP contribution is 2.74. The molecular weight excluding hydrogens is 484 g/mol. The number of allylic oxidation sites excluding steroid dienone is 4. The van der Waals surface area contributed by atoms with Crippen molar-refractivity contribution in [3.05, 3.63) is 23.3 Å². The van der Waals surface area contributed by atoms with Gasteiger partial charge in [0.05, 0.1) is 5.57 Å². The molecule has 5 aliphatic rings. The number of fused-ring (bicyclic) bond motifs is 7. The fraction of sp³-hybridized carbons (Fsp3) is 0.765. The Hall–Kier alpha value is -2.22. The van der Waals surface area contributed by atoms with Crippen LogP contribution in [0.5, 0.6) is 0 Å². The van der Waals surface area contributed by atoms with Crippen molar-refractivity contribution in [3.8, 4) is 6.07 Å². The monoisotopic (exact) mass is 532 g/mol. The van der Waals surface area contributed by atoms with Gasteiger partial charge in [0.25, 0.3) is 0 Å². The summed E-state index contributed by atoms with van der Waals surface area (Å²) < 4.78 is 0. The number of amides is 1. The minimum atomic E-state index is -0.653. The Morgan fingerprint density at radius 3 is 2.33 bits per heavy atom. The third kappa shape index (κ3) is 3.72. The van der Waals surface area contributed by atoms with Crippen LogP contribution >= 0.6 is 0 Å². The van der Waals surface area contributed by atoms with E-state index in [1.54, 1.807) is 0 Å². The number of nitriles is 1. The summed E-state index contributed by atoms with van der Waals surface area (Å²) in [6, 6.07) is 2.19. The smallest absolute Gasteiger partial charge is 0.220 e. The van der Waals surface area contributed by atoms with Gasteiger partial charge >= 0.3 is 0 Å². The van der Waals surface area contributed by atoms with Gasteiger partial charge in [0, 0.05) is 29.7 Å². The number of rotatable bonds is 3. The standard InChI is InChI=1S/C34H48N2O3/c1-9-36-26(38)19-34-14-12-29(2,3)18-22(34)27-23(37)16-25-31(6)17-21(20-35)28(39)30(4,5)24(31)10-11-32(25,7)33(27,8)13-15-34/h16-17,22,24,27H,9-15,18-19H2,1-8H3,(H,36,38)/t22-,24+,27+,31+,32-,33-,34-/m1/s1. The van der Waals surface area contributed by atoms with E-state index in [1.807, 2.05) is 32.9 Å². The summed E-state index contributed by atoms with van der Waals surface area (Å²) in [5, 5.41) is 13.0. The predicted octanol–water partition coefficient (Wildman–Crippen LogP) is 6.73. The van der Waals surface area contributed by atoms with Gasteiger partial charge < -0.3 is 5.32 Å². The molecule has 3 fully saturated rings. The average Bonchev–Trinajstić information content (AvgIpc) is 2.84. The van der Waals surface area contributed by atoms with Crippen molar-refractivity contribution in [2.45, 2.75) is 107 Å². The minimum absolute atomic E-state index is 0.0518. The molecule has 212 valence electrons. The second-order valence-electron chi connectivity index (χ2n) is 15.7. The molecule has 1 amide bonds. The number of nitrogens with one attached hydrogen (secondary N) is 1. The molecule has 0 saturated heterocycles. The summed E-state index contributed by atoms with van der Waals surface area (Å²) in [6.07, 6.45) is 11.2. The van der Waals surface area contributed by atoms with Crippen LogP contribution in [0.25, 0.3) is 0 Å². The zero-order valence-electron chi connectivity index (χ0n) is 25.4. The lowest BCUT2D eigenvalue weighted by Crippen LogP contribution is -2.65. The maximum Gasteiger partial charge on any atom is 0.220 e. The van der Waals surface area contributed by atoms with Crippen LogP contribution in [0, 0.1) is 61.6 Å². The van der Waals surface area contributed by atoms with Gasteiger partial charge in [-0.1, -0.05) is 60.1 Å². The summed E-state index contributed by atoms with van der Waals surface area (Å²) >= 11 is 0. The Morgan fingerprint density at radius 2 is 1.69 bits per heavy atom. The fourth-order valence-electron chi connectivity index (χ4n) is 10.6. The van der Waals surface area contributed by atoms with E-state index in [0.717, 1.165) is 50.5 Å². The minimum Gasteiger partial charge on any atom is -0.356 e. The van der Waals surface area contributed by atoms with E-state index < -0.39 is 10.8 Å². The Labute approximate surface area is 235 Å². The summed E-state index contributed by atoms with van der Waals surface area (Å²) in [5.74, 6) is 0.358. The number of carbonyl (C=O) groups is 3. The van der Waals surface area contributed by atoms with Gasteiger partial charge in [0.1, 0.15) is 6.07 Å². The lowest BCUT2D eigenvalue weighted by Gasteiger charge is -2.69. The fourth-order valence-corrected chi connectivity index (χ4v) is 10.6.